The SMILES string of the molecule is CCNC(=NCc1ccccc1CS(=O)(=O)NC(C)C)NCCC(F)(F)F. The molecule has 1 aromatic rings. The number of aliphatic imine (C=N–C) groups is 1. The van der Waals surface area contributed by atoms with Crippen molar-refractivity contribution in [3.05, 3.63) is 35.4 Å². The molecule has 154 valence electrons. The third kappa shape index (κ3) is 10.2. The van der Waals surface area contributed by atoms with E-state index in [1.807, 2.05) is 0 Å². The number of halogens is 3. The van der Waals surface area contributed by atoms with Crippen LogP contribution >= 0.6 is 0 Å². The molecule has 0 aliphatic carbocycles. The summed E-state index contributed by atoms with van der Waals surface area (Å²) in [4.78, 5) is 4.27. The summed E-state index contributed by atoms with van der Waals surface area (Å²) < 4.78 is 63.7. The summed E-state index contributed by atoms with van der Waals surface area (Å²) in [5.41, 5.74) is 1.29. The highest BCUT2D eigenvalue weighted by Crippen LogP contribution is 2.18. The van der Waals surface area contributed by atoms with E-state index in [-0.39, 0.29) is 30.8 Å². The van der Waals surface area contributed by atoms with Gasteiger partial charge in [-0.15, -0.1) is 0 Å². The summed E-state index contributed by atoms with van der Waals surface area (Å²) in [7, 11) is -3.49. The van der Waals surface area contributed by atoms with Crippen LogP contribution < -0.4 is 15.4 Å². The number of nitrogens with one attached hydrogen (secondary N) is 3. The number of hydrogen-bond acceptors (Lipinski definition) is 3. The molecule has 0 bridgehead atoms. The maximum absolute atomic E-state index is 12.3. The molecule has 0 saturated heterocycles. The van der Waals surface area contributed by atoms with Crippen LogP contribution in [0.5, 0.6) is 0 Å². The lowest BCUT2D eigenvalue weighted by molar-refractivity contribution is -0.132. The van der Waals surface area contributed by atoms with Crippen molar-refractivity contribution in [3.8, 4) is 0 Å². The fraction of sp³-hybridized carbons (Fsp3) is 0.588. The Morgan fingerprint density at radius 1 is 1.15 bits per heavy atom. The first-order chi connectivity index (χ1) is 12.5. The molecule has 27 heavy (non-hydrogen) atoms. The Morgan fingerprint density at radius 2 is 1.78 bits per heavy atom. The average Bonchev–Trinajstić information content (AvgIpc) is 2.51. The van der Waals surface area contributed by atoms with Gasteiger partial charge in [-0.25, -0.2) is 18.1 Å². The zero-order chi connectivity index (χ0) is 20.5. The predicted octanol–water partition coefficient (Wildman–Crippen LogP) is 2.52. The molecule has 0 aliphatic heterocycles. The van der Waals surface area contributed by atoms with E-state index in [1.165, 1.54) is 0 Å². The Hall–Kier alpha value is -1.81. The van der Waals surface area contributed by atoms with Crippen LogP contribution in [0.2, 0.25) is 0 Å². The van der Waals surface area contributed by atoms with Crippen LogP contribution in [0.1, 0.15) is 38.3 Å². The highest BCUT2D eigenvalue weighted by atomic mass is 32.2. The summed E-state index contributed by atoms with van der Waals surface area (Å²) in [6, 6.07) is 6.75. The fourth-order valence-electron chi connectivity index (χ4n) is 2.29. The zero-order valence-corrected chi connectivity index (χ0v) is 16.5. The summed E-state index contributed by atoms with van der Waals surface area (Å²) in [6.07, 6.45) is -5.21. The minimum absolute atomic E-state index is 0.148. The largest absolute Gasteiger partial charge is 0.390 e. The summed E-state index contributed by atoms with van der Waals surface area (Å²) in [5, 5.41) is 5.50. The van der Waals surface area contributed by atoms with Crippen LogP contribution in [0.25, 0.3) is 0 Å². The molecule has 0 saturated carbocycles. The highest BCUT2D eigenvalue weighted by molar-refractivity contribution is 7.88. The number of benzene rings is 1. The van der Waals surface area contributed by atoms with Crippen molar-refractivity contribution in [1.82, 2.24) is 15.4 Å². The van der Waals surface area contributed by atoms with E-state index < -0.39 is 22.6 Å². The van der Waals surface area contributed by atoms with Crippen molar-refractivity contribution in [2.75, 3.05) is 13.1 Å². The Labute approximate surface area is 158 Å². The van der Waals surface area contributed by atoms with Gasteiger partial charge in [0.05, 0.1) is 18.7 Å². The Balaban J connectivity index is 2.85. The number of hydrogen-bond donors (Lipinski definition) is 3. The monoisotopic (exact) mass is 408 g/mol. The van der Waals surface area contributed by atoms with Crippen LogP contribution in [-0.4, -0.2) is 39.7 Å². The third-order valence-corrected chi connectivity index (χ3v) is 4.85. The molecule has 0 aromatic heterocycles. The van der Waals surface area contributed by atoms with E-state index in [9.17, 15) is 21.6 Å². The molecule has 6 nitrogen and oxygen atoms in total. The molecule has 0 spiro atoms. The molecule has 1 rings (SSSR count). The Bertz CT molecular complexity index is 719. The van der Waals surface area contributed by atoms with Crippen molar-refractivity contribution in [3.63, 3.8) is 0 Å². The molecule has 0 aliphatic rings. The lowest BCUT2D eigenvalue weighted by Crippen LogP contribution is -2.38. The van der Waals surface area contributed by atoms with E-state index >= 15 is 0 Å². The molecule has 0 radical (unpaired) electrons. The van der Waals surface area contributed by atoms with Crippen LogP contribution in [0.15, 0.2) is 29.3 Å². The lowest BCUT2D eigenvalue weighted by atomic mass is 10.1. The molecule has 1 aromatic carbocycles. The number of nitrogens with zero attached hydrogens (tertiary/aromatic N) is 1. The van der Waals surface area contributed by atoms with E-state index in [4.69, 9.17) is 0 Å². The van der Waals surface area contributed by atoms with Gasteiger partial charge in [0, 0.05) is 19.1 Å². The third-order valence-electron chi connectivity index (χ3n) is 3.33. The van der Waals surface area contributed by atoms with Crippen LogP contribution in [-0.2, 0) is 22.3 Å². The van der Waals surface area contributed by atoms with Crippen molar-refractivity contribution in [2.45, 2.75) is 51.7 Å². The van der Waals surface area contributed by atoms with E-state index in [2.05, 4.69) is 20.3 Å². The van der Waals surface area contributed by atoms with Crippen molar-refractivity contribution in [2.24, 2.45) is 4.99 Å². The Morgan fingerprint density at radius 3 is 2.33 bits per heavy atom. The van der Waals surface area contributed by atoms with E-state index in [1.54, 1.807) is 45.0 Å². The lowest BCUT2D eigenvalue weighted by Gasteiger charge is -2.14. The molecule has 0 unspecified atom stereocenters. The van der Waals surface area contributed by atoms with Gasteiger partial charge in [-0.1, -0.05) is 24.3 Å². The molecule has 3 N–H and O–H groups in total. The van der Waals surface area contributed by atoms with Gasteiger partial charge in [0.25, 0.3) is 0 Å². The standard InChI is InChI=1S/C17H27F3N4O2S/c1-4-21-16(22-10-9-17(18,19)20)23-11-14-7-5-6-8-15(14)12-27(25,26)24-13(2)3/h5-8,13,24H,4,9-12H2,1-3H3,(H2,21,22,23). The topological polar surface area (TPSA) is 82.6 Å². The smallest absolute Gasteiger partial charge is 0.357 e. The fourth-order valence-corrected chi connectivity index (χ4v) is 3.78. The number of rotatable bonds is 9. The van der Waals surface area contributed by atoms with Crippen LogP contribution in [0, 0.1) is 0 Å². The van der Waals surface area contributed by atoms with Crippen molar-refractivity contribution < 1.29 is 21.6 Å². The maximum atomic E-state index is 12.3. The highest BCUT2D eigenvalue weighted by Gasteiger charge is 2.26. The van der Waals surface area contributed by atoms with Crippen molar-refractivity contribution >= 4 is 16.0 Å². The van der Waals surface area contributed by atoms with E-state index in [0.29, 0.717) is 17.7 Å². The minimum Gasteiger partial charge on any atom is -0.357 e. The number of alkyl halides is 3. The van der Waals surface area contributed by atoms with Gasteiger partial charge in [-0.2, -0.15) is 13.2 Å². The van der Waals surface area contributed by atoms with Crippen LogP contribution in [0.4, 0.5) is 13.2 Å². The molecular weight excluding hydrogens is 381 g/mol. The van der Waals surface area contributed by atoms with Gasteiger partial charge < -0.3 is 10.6 Å². The number of sulfonamides is 1. The average molecular weight is 408 g/mol. The summed E-state index contributed by atoms with van der Waals surface area (Å²) in [5.74, 6) is 0.0641. The summed E-state index contributed by atoms with van der Waals surface area (Å²) >= 11 is 0. The van der Waals surface area contributed by atoms with Crippen molar-refractivity contribution in [1.29, 1.82) is 0 Å². The normalized spacial score (nSPS) is 13.1. The number of guanidine groups is 1. The van der Waals surface area contributed by atoms with Gasteiger partial charge in [0.1, 0.15) is 0 Å². The first kappa shape index (κ1) is 23.2. The maximum Gasteiger partial charge on any atom is 0.390 e. The second kappa shape index (κ2) is 10.5. The van der Waals surface area contributed by atoms with Gasteiger partial charge >= 0.3 is 6.18 Å². The second-order valence-corrected chi connectivity index (χ2v) is 8.04. The Kier molecular flexibility index (Phi) is 9.04. The zero-order valence-electron chi connectivity index (χ0n) is 15.7. The van der Waals surface area contributed by atoms with Crippen LogP contribution in [0.3, 0.4) is 0 Å². The van der Waals surface area contributed by atoms with Gasteiger partial charge in [0.2, 0.25) is 10.0 Å². The molecule has 0 atom stereocenters. The first-order valence-corrected chi connectivity index (χ1v) is 10.3. The van der Waals surface area contributed by atoms with Gasteiger partial charge in [-0.05, 0) is 31.9 Å². The molecule has 10 heteroatoms. The van der Waals surface area contributed by atoms with E-state index in [0.717, 1.165) is 0 Å². The first-order valence-electron chi connectivity index (χ1n) is 8.68. The molecule has 0 fully saturated rings. The second-order valence-electron chi connectivity index (χ2n) is 6.29. The molecule has 0 amide bonds. The van der Waals surface area contributed by atoms with Gasteiger partial charge in [0.15, 0.2) is 5.96 Å². The molecule has 0 heterocycles. The van der Waals surface area contributed by atoms with Gasteiger partial charge in [-0.3, -0.25) is 0 Å². The summed E-state index contributed by atoms with van der Waals surface area (Å²) in [6.45, 7) is 5.63. The predicted molar refractivity (Wildman–Crippen MR) is 101 cm³/mol. The molecular formula is C17H27F3N4O2S. The quantitative estimate of drug-likeness (QED) is 0.433. The minimum atomic E-state index is -4.24.